The fourth-order valence-corrected chi connectivity index (χ4v) is 16.0. The van der Waals surface area contributed by atoms with Gasteiger partial charge in [-0.2, -0.15) is 15.0 Å². The van der Waals surface area contributed by atoms with Crippen LogP contribution in [0.2, 0.25) is 0 Å². The van der Waals surface area contributed by atoms with Gasteiger partial charge < -0.3 is 13.6 Å². The van der Waals surface area contributed by atoms with Crippen LogP contribution in [-0.2, 0) is 0 Å². The van der Waals surface area contributed by atoms with Crippen LogP contribution < -0.4 is 0 Å². The van der Waals surface area contributed by atoms with Gasteiger partial charge in [0.1, 0.15) is 11.2 Å². The summed E-state index contributed by atoms with van der Waals surface area (Å²) in [6, 6.07) is 125. The number of para-hydroxylation sites is 6. The fourth-order valence-electron chi connectivity index (χ4n) is 16.0. The molecule has 0 unspecified atom stereocenters. The van der Waals surface area contributed by atoms with Crippen molar-refractivity contribution in [3.8, 4) is 90.3 Å². The highest BCUT2D eigenvalue weighted by molar-refractivity contribution is 6.16. The molecule has 0 fully saturated rings. The van der Waals surface area contributed by atoms with Gasteiger partial charge in [0.15, 0.2) is 5.82 Å². The van der Waals surface area contributed by atoms with Gasteiger partial charge in [0.05, 0.1) is 44.1 Å². The maximum Gasteiger partial charge on any atom is 0.240 e. The second-order valence-electron chi connectivity index (χ2n) is 26.3. The molecule has 101 heavy (non-hydrogen) atoms. The van der Waals surface area contributed by atoms with Crippen molar-refractivity contribution in [2.24, 2.45) is 0 Å². The highest BCUT2D eigenvalue weighted by atomic mass is 16.3. The largest absolute Gasteiger partial charge is 0.456 e. The lowest BCUT2D eigenvalue weighted by molar-refractivity contribution is 0.669. The molecule has 0 radical (unpaired) electrons. The average Bonchev–Trinajstić information content (AvgIpc) is 1.62. The van der Waals surface area contributed by atoms with Crippen LogP contribution in [-0.4, -0.2) is 33.2 Å². The molecule has 0 saturated carbocycles. The molecule has 0 spiro atoms. The maximum atomic E-state index is 6.30. The van der Waals surface area contributed by atoms with Crippen molar-refractivity contribution in [1.82, 2.24) is 33.2 Å². The highest BCUT2D eigenvalue weighted by Crippen LogP contribution is 2.44. The Hall–Kier alpha value is -13.7. The normalized spacial score (nSPS) is 12.0. The van der Waals surface area contributed by atoms with Crippen LogP contribution in [0.15, 0.2) is 350 Å². The van der Waals surface area contributed by atoms with Crippen molar-refractivity contribution >= 4 is 109 Å². The van der Waals surface area contributed by atoms with Crippen LogP contribution in [0, 0.1) is 0 Å². The summed E-state index contributed by atoms with van der Waals surface area (Å²) in [5, 5.41) is 11.3. The molecule has 21 rings (SSSR count). The van der Waals surface area contributed by atoms with Crippen molar-refractivity contribution in [2.45, 2.75) is 0 Å². The molecule has 0 bridgehead atoms. The number of rotatable bonds is 10. The Kier molecular flexibility index (Phi) is 12.5. The van der Waals surface area contributed by atoms with Crippen molar-refractivity contribution in [3.63, 3.8) is 0 Å². The SMILES string of the molecule is c1ccc(-c2ccccc2-c2cccc(-c3nc(-n4c5ccccc5c5cc(-c6ccc7oc8ccccc8c7c6)ccc54)nc(-n4c5ccc(-c6ccc7c(c6)c6ccccc6n7-c6ccccc6)cc5c5cc(-c6ccc7c(c6)c6ccccc6n7-c6ccccc6)ccc54)n3)c2)cc1. The van der Waals surface area contributed by atoms with Crippen LogP contribution in [0.5, 0.6) is 0 Å². The van der Waals surface area contributed by atoms with Gasteiger partial charge in [0.2, 0.25) is 11.9 Å². The third-order valence-corrected chi connectivity index (χ3v) is 20.6. The molecule has 6 heterocycles. The number of furan rings is 1. The minimum atomic E-state index is 0.495. The fraction of sp³-hybridized carbons (Fsp3) is 0. The number of benzene rings is 15. The molecule has 0 aliphatic rings. The number of hydrogen-bond acceptors (Lipinski definition) is 4. The maximum absolute atomic E-state index is 6.30. The third-order valence-electron chi connectivity index (χ3n) is 20.6. The Bertz CT molecular complexity index is 6740. The van der Waals surface area contributed by atoms with Crippen molar-refractivity contribution < 1.29 is 4.42 Å². The smallest absolute Gasteiger partial charge is 0.240 e. The first-order valence-electron chi connectivity index (χ1n) is 34.3. The number of fused-ring (bicyclic) bond motifs is 15. The molecule has 21 aromatic rings. The van der Waals surface area contributed by atoms with Gasteiger partial charge in [-0.3, -0.25) is 9.13 Å². The molecule has 15 aromatic carbocycles. The lowest BCUT2D eigenvalue weighted by Gasteiger charge is -2.14. The van der Waals surface area contributed by atoms with Gasteiger partial charge in [0.25, 0.3) is 0 Å². The number of hydrogen-bond donors (Lipinski definition) is 0. The predicted octanol–water partition coefficient (Wildman–Crippen LogP) is 24.2. The average molecular weight is 1290 g/mol. The minimum Gasteiger partial charge on any atom is -0.456 e. The first kappa shape index (κ1) is 56.5. The summed E-state index contributed by atoms with van der Waals surface area (Å²) in [6.45, 7) is 0. The first-order valence-corrected chi connectivity index (χ1v) is 34.3. The van der Waals surface area contributed by atoms with Crippen LogP contribution in [0.1, 0.15) is 0 Å². The Labute approximate surface area is 579 Å². The molecule has 0 saturated heterocycles. The lowest BCUT2D eigenvalue weighted by Crippen LogP contribution is -2.10. The molecule has 0 aliphatic carbocycles. The van der Waals surface area contributed by atoms with E-state index in [-0.39, 0.29) is 0 Å². The second kappa shape index (κ2) is 22.4. The molecule has 0 aliphatic heterocycles. The predicted molar refractivity (Wildman–Crippen MR) is 417 cm³/mol. The van der Waals surface area contributed by atoms with Crippen LogP contribution in [0.4, 0.5) is 0 Å². The van der Waals surface area contributed by atoms with E-state index in [1.54, 1.807) is 0 Å². The Morgan fingerprint density at radius 3 is 1.00 bits per heavy atom. The minimum absolute atomic E-state index is 0.495. The van der Waals surface area contributed by atoms with Crippen LogP contribution in [0.25, 0.3) is 199 Å². The van der Waals surface area contributed by atoms with Gasteiger partial charge in [-0.1, -0.05) is 218 Å². The summed E-state index contributed by atoms with van der Waals surface area (Å²) < 4.78 is 15.5. The Morgan fingerprint density at radius 2 is 0.515 bits per heavy atom. The van der Waals surface area contributed by atoms with Gasteiger partial charge in [-0.15, -0.1) is 0 Å². The van der Waals surface area contributed by atoms with Crippen LogP contribution >= 0.6 is 0 Å². The molecule has 8 nitrogen and oxygen atoms in total. The van der Waals surface area contributed by atoms with Gasteiger partial charge >= 0.3 is 0 Å². The van der Waals surface area contributed by atoms with Crippen LogP contribution in [0.3, 0.4) is 0 Å². The van der Waals surface area contributed by atoms with E-state index in [2.05, 4.69) is 352 Å². The molecule has 6 aromatic heterocycles. The summed E-state index contributed by atoms with van der Waals surface area (Å²) in [5.41, 5.74) is 24.5. The molecule has 0 amide bonds. The summed E-state index contributed by atoms with van der Waals surface area (Å²) in [6.07, 6.45) is 0. The van der Waals surface area contributed by atoms with Crippen molar-refractivity contribution in [3.05, 3.63) is 346 Å². The van der Waals surface area contributed by atoms with Crippen molar-refractivity contribution in [2.75, 3.05) is 0 Å². The van der Waals surface area contributed by atoms with E-state index in [0.29, 0.717) is 17.7 Å². The summed E-state index contributed by atoms with van der Waals surface area (Å²) in [5.74, 6) is 1.54. The van der Waals surface area contributed by atoms with E-state index in [0.717, 1.165) is 149 Å². The monoisotopic (exact) mass is 1290 g/mol. The van der Waals surface area contributed by atoms with E-state index in [1.165, 1.54) is 32.6 Å². The number of aromatic nitrogens is 7. The standard InChI is InChI=1S/C93H57N7O/c1-4-21-58(22-5-1)69-29-10-11-30-70(69)65-23-20-24-66(51-65)91-94-92(99-83-37-18-14-33-73(83)77-54-61(41-47-86(77)99)64-44-50-90-80(57-64)74-34-15-19-38-89(74)101-90)96-93(95-91)100-87-48-42-62(59-39-45-84-75(52-59)71-31-12-16-35-81(71)97(84)67-25-6-2-7-26-67)55-78(87)79-56-63(43-49-88(79)100)60-40-46-85-76(53-60)72-32-13-17-36-82(72)98(85)68-27-8-3-9-28-68/h1-57H. The Balaban J connectivity index is 0.795. The zero-order valence-corrected chi connectivity index (χ0v) is 54.4. The zero-order chi connectivity index (χ0) is 66.2. The topological polar surface area (TPSA) is 71.5 Å². The van der Waals surface area contributed by atoms with E-state index in [1.807, 2.05) is 12.1 Å². The summed E-state index contributed by atoms with van der Waals surface area (Å²) in [4.78, 5) is 17.1. The molecule has 0 N–H and O–H groups in total. The third kappa shape index (κ3) is 8.98. The molecular weight excluding hydrogens is 1230 g/mol. The highest BCUT2D eigenvalue weighted by Gasteiger charge is 2.25. The van der Waals surface area contributed by atoms with Gasteiger partial charge in [-0.25, -0.2) is 0 Å². The van der Waals surface area contributed by atoms with E-state index in [4.69, 9.17) is 19.4 Å². The van der Waals surface area contributed by atoms with Gasteiger partial charge in [-0.05, 0) is 183 Å². The van der Waals surface area contributed by atoms with E-state index in [9.17, 15) is 0 Å². The second-order valence-corrected chi connectivity index (χ2v) is 26.3. The lowest BCUT2D eigenvalue weighted by atomic mass is 9.94. The quantitative estimate of drug-likeness (QED) is 0.137. The van der Waals surface area contributed by atoms with E-state index < -0.39 is 0 Å². The number of nitrogens with zero attached hydrogens (tertiary/aromatic N) is 7. The molecular formula is C93H57N7O. The molecule has 0 atom stereocenters. The van der Waals surface area contributed by atoms with Crippen molar-refractivity contribution in [1.29, 1.82) is 0 Å². The Morgan fingerprint density at radius 1 is 0.188 bits per heavy atom. The first-order chi connectivity index (χ1) is 50.1. The van der Waals surface area contributed by atoms with Gasteiger partial charge in [0, 0.05) is 70.8 Å². The van der Waals surface area contributed by atoms with E-state index >= 15 is 0 Å². The zero-order valence-electron chi connectivity index (χ0n) is 54.4. The molecule has 8 heteroatoms. The summed E-state index contributed by atoms with van der Waals surface area (Å²) >= 11 is 0. The summed E-state index contributed by atoms with van der Waals surface area (Å²) in [7, 11) is 0. The molecule has 470 valence electrons.